The molecule has 0 fully saturated rings. The molecular weight excluding hydrogens is 854 g/mol. The molecule has 0 radical (unpaired) electrons. The van der Waals surface area contributed by atoms with Gasteiger partial charge in [0.15, 0.2) is 8.07 Å². The van der Waals surface area contributed by atoms with Gasteiger partial charge in [-0.05, 0) is 153 Å². The lowest BCUT2D eigenvalue weighted by molar-refractivity contribution is 0.414. The van der Waals surface area contributed by atoms with Crippen molar-refractivity contribution in [3.63, 3.8) is 0 Å². The van der Waals surface area contributed by atoms with E-state index < -0.39 is 8.07 Å². The Morgan fingerprint density at radius 1 is 0.348 bits per heavy atom. The summed E-state index contributed by atoms with van der Waals surface area (Å²) in [6.45, 7) is 4.66. The van der Waals surface area contributed by atoms with Crippen molar-refractivity contribution in [1.82, 2.24) is 0 Å². The molecule has 4 aliphatic rings. The number of benzene rings is 11. The summed E-state index contributed by atoms with van der Waals surface area (Å²) in [7, 11) is 2.22. The Balaban J connectivity index is 1.21. The van der Waals surface area contributed by atoms with Crippen LogP contribution < -0.4 is 67.7 Å². The van der Waals surface area contributed by atoms with Crippen molar-refractivity contribution in [3.8, 4) is 61.8 Å². The lowest BCUT2D eigenvalue weighted by Crippen LogP contribution is -2.75. The summed E-state index contributed by atoms with van der Waals surface area (Å²) in [4.78, 5) is 0. The average molecular weight is 899 g/mol. The van der Waals surface area contributed by atoms with Crippen molar-refractivity contribution in [3.05, 3.63) is 187 Å². The van der Waals surface area contributed by atoms with Crippen molar-refractivity contribution in [1.29, 1.82) is 0 Å². The largest absolute Gasteiger partial charge is 0.497 e. The Hall–Kier alpha value is -7.79. The van der Waals surface area contributed by atoms with Gasteiger partial charge in [0.25, 0.3) is 0 Å². The molecule has 69 heavy (non-hydrogen) atoms. The summed E-state index contributed by atoms with van der Waals surface area (Å²) >= 11 is 0. The van der Waals surface area contributed by atoms with E-state index in [1.54, 1.807) is 14.2 Å². The smallest absolute Gasteiger partial charge is 0.244 e. The molecule has 0 spiro atoms. The zero-order chi connectivity index (χ0) is 46.0. The SMILES string of the molecule is COc1ccc2c(c1)-c1cc(OC)cc3c1B2c1cc2c([Si](c4ccccc4)(c4ccccc4)c4ccccc4)cc4c5c(cc6c(C)cc-3c1c6c25)B1c2ccc(C)cc2-c2cc(OC)cc-4c21. The van der Waals surface area contributed by atoms with E-state index in [0.717, 1.165) is 17.2 Å². The Morgan fingerprint density at radius 3 is 1.30 bits per heavy atom. The van der Waals surface area contributed by atoms with Crippen LogP contribution in [0.1, 0.15) is 11.1 Å². The lowest BCUT2D eigenvalue weighted by Gasteiger charge is -2.38. The highest BCUT2D eigenvalue weighted by molar-refractivity contribution is 7.21. The monoisotopic (exact) mass is 898 g/mol. The minimum absolute atomic E-state index is 0.0160. The van der Waals surface area contributed by atoms with E-state index in [1.165, 1.54) is 141 Å². The minimum Gasteiger partial charge on any atom is -0.497 e. The molecule has 0 aromatic heterocycles. The predicted octanol–water partition coefficient (Wildman–Crippen LogP) is 7.56. The molecule has 0 saturated heterocycles. The highest BCUT2D eigenvalue weighted by Gasteiger charge is 2.48. The van der Waals surface area contributed by atoms with Gasteiger partial charge < -0.3 is 14.2 Å². The van der Waals surface area contributed by atoms with Crippen molar-refractivity contribution in [2.45, 2.75) is 13.8 Å². The molecule has 0 amide bonds. The first-order valence-electron chi connectivity index (χ1n) is 24.1. The van der Waals surface area contributed by atoms with Crippen molar-refractivity contribution in [2.24, 2.45) is 0 Å². The molecule has 11 aromatic carbocycles. The summed E-state index contributed by atoms with van der Waals surface area (Å²) < 4.78 is 18.3. The second-order valence-corrected chi connectivity index (χ2v) is 23.5. The van der Waals surface area contributed by atoms with Gasteiger partial charge >= 0.3 is 0 Å². The van der Waals surface area contributed by atoms with Crippen LogP contribution in [0.5, 0.6) is 17.2 Å². The molecule has 0 bridgehead atoms. The van der Waals surface area contributed by atoms with Gasteiger partial charge in [-0.15, -0.1) is 0 Å². The molecule has 3 nitrogen and oxygen atoms in total. The van der Waals surface area contributed by atoms with Gasteiger partial charge in [-0.2, -0.15) is 0 Å². The first kappa shape index (κ1) is 39.2. The van der Waals surface area contributed by atoms with Gasteiger partial charge in [0.05, 0.1) is 21.3 Å². The van der Waals surface area contributed by atoms with Crippen LogP contribution in [0, 0.1) is 13.8 Å². The number of rotatable bonds is 7. The average Bonchev–Trinajstić information content (AvgIpc) is 3.90. The Kier molecular flexibility index (Phi) is 7.90. The summed E-state index contributed by atoms with van der Waals surface area (Å²) in [6, 6.07) is 67.9. The summed E-state index contributed by atoms with van der Waals surface area (Å²) in [6.07, 6.45) is 0. The molecule has 324 valence electrons. The van der Waals surface area contributed by atoms with E-state index in [1.807, 2.05) is 7.11 Å². The van der Waals surface area contributed by atoms with E-state index in [9.17, 15) is 0 Å². The summed E-state index contributed by atoms with van der Waals surface area (Å²) in [5.41, 5.74) is 20.9. The predicted molar refractivity (Wildman–Crippen MR) is 294 cm³/mol. The van der Waals surface area contributed by atoms with Gasteiger partial charge in [0.1, 0.15) is 17.2 Å². The maximum Gasteiger partial charge on any atom is 0.244 e. The molecule has 0 atom stereocenters. The van der Waals surface area contributed by atoms with Crippen molar-refractivity contribution < 1.29 is 14.2 Å². The van der Waals surface area contributed by atoms with E-state index in [0.29, 0.717) is 0 Å². The van der Waals surface area contributed by atoms with Crippen LogP contribution in [0.2, 0.25) is 0 Å². The highest BCUT2D eigenvalue weighted by atomic mass is 28.3. The zero-order valence-electron chi connectivity index (χ0n) is 39.1. The third kappa shape index (κ3) is 4.89. The molecule has 15 rings (SSSR count). The fraction of sp³-hybridized carbons (Fsp3) is 0.0794. The topological polar surface area (TPSA) is 27.7 Å². The zero-order valence-corrected chi connectivity index (χ0v) is 40.1. The van der Waals surface area contributed by atoms with E-state index in [-0.39, 0.29) is 13.4 Å². The summed E-state index contributed by atoms with van der Waals surface area (Å²) in [5, 5.41) is 13.6. The maximum atomic E-state index is 6.27. The lowest BCUT2D eigenvalue weighted by atomic mass is 9.34. The van der Waals surface area contributed by atoms with Crippen LogP contribution in [0.3, 0.4) is 0 Å². The molecule has 4 aliphatic heterocycles. The highest BCUT2D eigenvalue weighted by Crippen LogP contribution is 2.48. The molecule has 0 N–H and O–H groups in total. The van der Waals surface area contributed by atoms with Gasteiger partial charge in [0.2, 0.25) is 13.4 Å². The van der Waals surface area contributed by atoms with Crippen molar-refractivity contribution in [2.75, 3.05) is 21.3 Å². The molecule has 6 heteroatoms. The van der Waals surface area contributed by atoms with Crippen LogP contribution in [0.4, 0.5) is 0 Å². The first-order chi connectivity index (χ1) is 33.9. The fourth-order valence-electron chi connectivity index (χ4n) is 13.9. The Morgan fingerprint density at radius 2 is 0.783 bits per heavy atom. The molecule has 0 aliphatic carbocycles. The van der Waals surface area contributed by atoms with Crippen LogP contribution >= 0.6 is 0 Å². The first-order valence-corrected chi connectivity index (χ1v) is 26.1. The second-order valence-electron chi connectivity index (χ2n) is 19.8. The van der Waals surface area contributed by atoms with Crippen LogP contribution in [0.25, 0.3) is 76.8 Å². The van der Waals surface area contributed by atoms with Crippen LogP contribution in [-0.4, -0.2) is 42.8 Å². The van der Waals surface area contributed by atoms with Gasteiger partial charge in [-0.1, -0.05) is 178 Å². The molecule has 0 unspecified atom stereocenters. The number of fused-ring (bicyclic) bond motifs is 10. The number of aryl methyl sites for hydroxylation is 2. The third-order valence-electron chi connectivity index (χ3n) is 16.6. The minimum atomic E-state index is -3.16. The van der Waals surface area contributed by atoms with Crippen molar-refractivity contribution >= 4 is 107 Å². The van der Waals surface area contributed by atoms with E-state index in [4.69, 9.17) is 14.2 Å². The van der Waals surface area contributed by atoms with Crippen LogP contribution in [0.15, 0.2) is 176 Å². The normalized spacial score (nSPS) is 13.2. The molecule has 11 aromatic rings. The standard InChI is InChI=1S/C63H44B2O3Si/c1-35-21-23-53-44(25-35)48-28-38(67-4)31-51-47-34-57(69(40-15-9-6-10-16-40,41-17-11-7-12-18-41)42-19-13-8-14-20-42)52-33-56-58-46(26-36(2)43-32-55(64(53)62(48)51)59(47)61(52)60(43)58)50-30-39(68-5)29-49-45-27-37(66-3)22-24-54(45)65(56)63(49)50/h6-34H,1-5H3. The van der Waals surface area contributed by atoms with Gasteiger partial charge in [-0.3, -0.25) is 0 Å². The number of hydrogen-bond donors (Lipinski definition) is 0. The fourth-order valence-corrected chi connectivity index (χ4v) is 18.9. The molecule has 4 heterocycles. The Labute approximate surface area is 403 Å². The quantitative estimate of drug-likeness (QED) is 0.0941. The van der Waals surface area contributed by atoms with Gasteiger partial charge in [0, 0.05) is 0 Å². The Bertz CT molecular complexity index is 3960. The number of methoxy groups -OCH3 is 3. The second kappa shape index (κ2) is 13.9. The van der Waals surface area contributed by atoms with Crippen LogP contribution in [-0.2, 0) is 0 Å². The van der Waals surface area contributed by atoms with E-state index >= 15 is 0 Å². The maximum absolute atomic E-state index is 6.27. The number of hydrogen-bond acceptors (Lipinski definition) is 3. The summed E-state index contributed by atoms with van der Waals surface area (Å²) in [5.74, 6) is 2.61. The van der Waals surface area contributed by atoms with Gasteiger partial charge in [-0.25, -0.2) is 0 Å². The number of ether oxygens (including phenoxy) is 3. The molecular formula is C63H44B2O3Si. The third-order valence-corrected chi connectivity index (χ3v) is 21.4. The van der Waals surface area contributed by atoms with E-state index in [2.05, 4.69) is 190 Å². The molecule has 0 saturated carbocycles.